The molecule has 31 rings (SSSR count). The summed E-state index contributed by atoms with van der Waals surface area (Å²) < 4.78 is 26.9. The molecule has 7 heterocycles. The Kier molecular flexibility index (Phi) is 20.6. The van der Waals surface area contributed by atoms with Crippen molar-refractivity contribution in [1.29, 1.82) is 0 Å². The zero-order valence-corrected chi connectivity index (χ0v) is 81.3. The Hall–Kier alpha value is -19.7. The maximum atomic E-state index is 6.56. The van der Waals surface area contributed by atoms with Gasteiger partial charge >= 0.3 is 0 Å². The highest BCUT2D eigenvalue weighted by Gasteiger charge is 2.30. The van der Waals surface area contributed by atoms with Crippen LogP contribution < -0.4 is 14.7 Å². The Labute approximate surface area is 860 Å². The number of nitrogens with zero attached hydrogens (tertiary/aromatic N) is 7. The second-order valence-corrected chi connectivity index (χ2v) is 39.2. The van der Waals surface area contributed by atoms with E-state index in [1.54, 1.807) is 0 Å². The van der Waals surface area contributed by atoms with E-state index in [1.165, 1.54) is 108 Å². The van der Waals surface area contributed by atoms with Gasteiger partial charge in [-0.25, -0.2) is 9.97 Å². The van der Waals surface area contributed by atoms with Gasteiger partial charge in [0, 0.05) is 142 Å². The SMILES string of the molecule is c1ccc(-c2cc3c4ccccc4n4c5ccccc5c5cccc6c5c(c2n6-c2cccc(N(c5ccccc5)c5ccccc5)c2)c34)cc1.c1ccc(-c2cccc(N(c3ccc4c(c3)sc3ccccc34)c3ccc4ccc5ccc6nc(-c7ccccc7)oc6c5c4c3)c2)cc1.c1ccc(-c2cccc(N(c3ccc4oc5ccccc5c4c3)c3ccc4ccc5ccc6nc(-c7ccccc7)oc6c5c4c3)c2)cc1. The molecule has 11 heteroatoms. The average molecular weight is 1920 g/mol. The molecule has 31 aromatic rings. The van der Waals surface area contributed by atoms with Gasteiger partial charge in [-0.1, -0.05) is 334 Å². The summed E-state index contributed by atoms with van der Waals surface area (Å²) in [5, 5.41) is 21.3. The van der Waals surface area contributed by atoms with Crippen molar-refractivity contribution < 1.29 is 13.3 Å². The summed E-state index contributed by atoms with van der Waals surface area (Å²) in [5.41, 5.74) is 31.1. The number of rotatable bonds is 15. The summed E-state index contributed by atoms with van der Waals surface area (Å²) in [6.45, 7) is 0. The lowest BCUT2D eigenvalue weighted by molar-refractivity contribution is 0.623. The summed E-state index contributed by atoms with van der Waals surface area (Å²) in [6, 6.07) is 188. The first-order valence-corrected chi connectivity index (χ1v) is 51.3. The Morgan fingerprint density at radius 3 is 1.15 bits per heavy atom. The number of para-hydroxylation sites is 5. The van der Waals surface area contributed by atoms with Crippen LogP contribution in [0.15, 0.2) is 541 Å². The molecule has 0 fully saturated rings. The number of aromatic nitrogens is 4. The Morgan fingerprint density at radius 2 is 0.584 bits per heavy atom. The molecule has 10 nitrogen and oxygen atoms in total. The largest absolute Gasteiger partial charge is 0.456 e. The minimum Gasteiger partial charge on any atom is -0.456 e. The zero-order chi connectivity index (χ0) is 98.1. The first-order valence-electron chi connectivity index (χ1n) is 50.4. The molecule has 0 unspecified atom stereocenters. The second-order valence-electron chi connectivity index (χ2n) is 38.1. The van der Waals surface area contributed by atoms with Crippen molar-refractivity contribution in [3.8, 4) is 62.0 Å². The quantitative estimate of drug-likeness (QED) is 0.0939. The van der Waals surface area contributed by atoms with Crippen molar-refractivity contribution in [3.63, 3.8) is 0 Å². The van der Waals surface area contributed by atoms with Crippen LogP contribution in [0.2, 0.25) is 0 Å². The second kappa shape index (κ2) is 35.7. The summed E-state index contributed by atoms with van der Waals surface area (Å²) in [6.07, 6.45) is 0. The van der Waals surface area contributed by atoms with Gasteiger partial charge in [0.05, 0.1) is 27.6 Å². The highest BCUT2D eigenvalue weighted by molar-refractivity contribution is 7.25. The van der Waals surface area contributed by atoms with E-state index in [4.69, 9.17) is 23.2 Å². The first kappa shape index (κ1) is 86.0. The van der Waals surface area contributed by atoms with Crippen LogP contribution in [-0.2, 0) is 0 Å². The van der Waals surface area contributed by atoms with E-state index in [0.717, 1.165) is 161 Å². The molecular formula is C138H87N7O3S. The third-order valence-electron chi connectivity index (χ3n) is 29.5. The normalized spacial score (nSPS) is 11.8. The fraction of sp³-hybridized carbons (Fsp3) is 0. The molecule has 0 bridgehead atoms. The van der Waals surface area contributed by atoms with Crippen molar-refractivity contribution in [2.24, 2.45) is 0 Å². The molecule has 0 amide bonds. The molecule has 0 aliphatic heterocycles. The van der Waals surface area contributed by atoms with E-state index in [2.05, 4.69) is 479 Å². The van der Waals surface area contributed by atoms with E-state index in [-0.39, 0.29) is 0 Å². The van der Waals surface area contributed by atoms with Crippen molar-refractivity contribution in [2.75, 3.05) is 14.7 Å². The molecular weight excluding hydrogens is 1840 g/mol. The van der Waals surface area contributed by atoms with Crippen LogP contribution in [0, 0.1) is 0 Å². The van der Waals surface area contributed by atoms with Crippen LogP contribution in [0.25, 0.3) is 229 Å². The maximum absolute atomic E-state index is 6.56. The van der Waals surface area contributed by atoms with E-state index < -0.39 is 0 Å². The molecule has 698 valence electrons. The molecule has 7 aromatic heterocycles. The fourth-order valence-corrected chi connectivity index (χ4v) is 23.9. The molecule has 0 spiro atoms. The number of benzene rings is 24. The minimum atomic E-state index is 0.622. The topological polar surface area (TPSA) is 84.3 Å². The summed E-state index contributed by atoms with van der Waals surface area (Å²) in [4.78, 5) is 16.9. The number of hydrogen-bond donors (Lipinski definition) is 0. The van der Waals surface area contributed by atoms with E-state index in [1.807, 2.05) is 84.1 Å². The maximum Gasteiger partial charge on any atom is 0.227 e. The summed E-state index contributed by atoms with van der Waals surface area (Å²) in [7, 11) is 0. The van der Waals surface area contributed by atoms with Crippen molar-refractivity contribution >= 4 is 230 Å². The third-order valence-corrected chi connectivity index (χ3v) is 30.6. The van der Waals surface area contributed by atoms with Gasteiger partial charge in [0.15, 0.2) is 11.2 Å². The Bertz CT molecular complexity index is 10600. The van der Waals surface area contributed by atoms with Crippen LogP contribution in [0.5, 0.6) is 0 Å². The van der Waals surface area contributed by atoms with Gasteiger partial charge in [0.25, 0.3) is 0 Å². The highest BCUT2D eigenvalue weighted by Crippen LogP contribution is 2.53. The predicted octanol–water partition coefficient (Wildman–Crippen LogP) is 39.2. The molecule has 0 aliphatic carbocycles. The van der Waals surface area contributed by atoms with Crippen LogP contribution >= 0.6 is 11.3 Å². The molecule has 149 heavy (non-hydrogen) atoms. The molecule has 0 N–H and O–H groups in total. The van der Waals surface area contributed by atoms with Crippen LogP contribution in [0.3, 0.4) is 0 Å². The Morgan fingerprint density at radius 1 is 0.201 bits per heavy atom. The van der Waals surface area contributed by atoms with Crippen molar-refractivity contribution in [2.45, 2.75) is 0 Å². The van der Waals surface area contributed by atoms with E-state index in [0.29, 0.717) is 11.8 Å². The number of furan rings is 1. The number of oxazole rings is 2. The van der Waals surface area contributed by atoms with Gasteiger partial charge in [-0.05, 0) is 260 Å². The molecule has 0 saturated carbocycles. The number of hydrogen-bond acceptors (Lipinski definition) is 9. The summed E-state index contributed by atoms with van der Waals surface area (Å²) >= 11 is 1.84. The van der Waals surface area contributed by atoms with Gasteiger partial charge in [-0.2, -0.15) is 0 Å². The third kappa shape index (κ3) is 14.8. The summed E-state index contributed by atoms with van der Waals surface area (Å²) in [5.74, 6) is 1.25. The average Bonchev–Trinajstić information content (AvgIpc) is 1.51. The van der Waals surface area contributed by atoms with Gasteiger partial charge < -0.3 is 36.9 Å². The minimum absolute atomic E-state index is 0.622. The first-order chi connectivity index (χ1) is 73.9. The van der Waals surface area contributed by atoms with Crippen molar-refractivity contribution in [1.82, 2.24) is 18.9 Å². The standard InChI is InChI=1S/C48H31N3.C45H28N2O2.C45H28N2OS/c1-4-16-32(17-5-1)40-31-41-38-25-11-13-28-43(38)51-42-27-12-10-24-37(42)39-26-15-29-44-45(39)46(48(41)51)47(40)50(44)36-23-14-22-35(30-36)49(33-18-6-2-7-19-33)34-20-8-3-9-21-34;1-3-10-29(11-4-1)33-14-9-15-34(26-33)47(36-23-25-42-39(28-36)37-16-7-8-17-41(37)48-42)35-22-20-30-18-19-31-21-24-40-44(43(31)38(30)27-35)49-45(46-40)32-12-5-2-6-13-32;1-3-10-29(11-4-1)33-14-9-15-34(26-33)47(36-23-24-38-37-16-7-8-17-41(37)49-42(38)28-36)35-22-20-30-18-19-31-21-25-40-44(43(31)39(30)27-35)48-45(46-40)32-12-5-2-6-13-32/h1-31H;2*1-28H. The smallest absolute Gasteiger partial charge is 0.227 e. The number of fused-ring (bicyclic) bond motifs is 22. The fourth-order valence-electron chi connectivity index (χ4n) is 22.8. The molecule has 0 saturated heterocycles. The van der Waals surface area contributed by atoms with E-state index in [9.17, 15) is 0 Å². The number of anilines is 9. The van der Waals surface area contributed by atoms with Gasteiger partial charge in [0.2, 0.25) is 11.8 Å². The highest BCUT2D eigenvalue weighted by atomic mass is 32.1. The van der Waals surface area contributed by atoms with Gasteiger partial charge in [-0.3, -0.25) is 0 Å². The van der Waals surface area contributed by atoms with Crippen LogP contribution in [0.4, 0.5) is 51.2 Å². The molecule has 0 radical (unpaired) electrons. The van der Waals surface area contributed by atoms with Gasteiger partial charge in [-0.15, -0.1) is 11.3 Å². The zero-order valence-electron chi connectivity index (χ0n) is 80.5. The van der Waals surface area contributed by atoms with E-state index >= 15 is 0 Å². The number of thiophene rings is 1. The lowest BCUT2D eigenvalue weighted by atomic mass is 9.97. The predicted molar refractivity (Wildman–Crippen MR) is 625 cm³/mol. The van der Waals surface area contributed by atoms with Crippen LogP contribution in [0.1, 0.15) is 0 Å². The lowest BCUT2D eigenvalue weighted by Gasteiger charge is -2.26. The molecule has 0 atom stereocenters. The molecule has 0 aliphatic rings. The lowest BCUT2D eigenvalue weighted by Crippen LogP contribution is -2.10. The van der Waals surface area contributed by atoms with Crippen molar-refractivity contribution in [3.05, 3.63) is 528 Å². The van der Waals surface area contributed by atoms with Gasteiger partial charge in [0.1, 0.15) is 22.2 Å². The Balaban J connectivity index is 0.000000105. The monoisotopic (exact) mass is 1920 g/mol. The molecule has 24 aromatic carbocycles. The van der Waals surface area contributed by atoms with Crippen LogP contribution in [-0.4, -0.2) is 18.9 Å².